The highest BCUT2D eigenvalue weighted by Crippen LogP contribution is 2.31. The number of fused-ring (bicyclic) bond motifs is 1. The summed E-state index contributed by atoms with van der Waals surface area (Å²) >= 11 is 0. The number of hydroxylamine groups is 1. The number of hydrogen-bond acceptors (Lipinski definition) is 11. The summed E-state index contributed by atoms with van der Waals surface area (Å²) in [5.74, 6) is 1.06. The Hall–Kier alpha value is -3.58. The molecule has 0 atom stereocenters. The van der Waals surface area contributed by atoms with Crippen molar-refractivity contribution in [2.75, 3.05) is 54.9 Å². The molecule has 0 saturated carbocycles. The first-order valence-electron chi connectivity index (χ1n) is 11.4. The molecule has 4 N–H and O–H groups in total. The quantitative estimate of drug-likeness (QED) is 0.300. The van der Waals surface area contributed by atoms with Gasteiger partial charge in [0.1, 0.15) is 11.2 Å². The number of anilines is 3. The van der Waals surface area contributed by atoms with Crippen LogP contribution in [0.5, 0.6) is 0 Å². The summed E-state index contributed by atoms with van der Waals surface area (Å²) in [7, 11) is 0. The molecule has 3 aromatic rings. The van der Waals surface area contributed by atoms with Crippen molar-refractivity contribution >= 4 is 34.9 Å². The van der Waals surface area contributed by atoms with Gasteiger partial charge in [-0.05, 0) is 20.3 Å². The van der Waals surface area contributed by atoms with Gasteiger partial charge in [0.05, 0.1) is 13.2 Å². The van der Waals surface area contributed by atoms with Crippen LogP contribution in [-0.4, -0.2) is 80.0 Å². The summed E-state index contributed by atoms with van der Waals surface area (Å²) in [6.07, 6.45) is 3.95. The number of morpholine rings is 1. The number of carbonyl (C=O) groups is 1. The van der Waals surface area contributed by atoms with Gasteiger partial charge in [0.2, 0.25) is 23.8 Å². The number of rotatable bonds is 9. The van der Waals surface area contributed by atoms with Gasteiger partial charge in [-0.15, -0.1) is 0 Å². The Morgan fingerprint density at radius 2 is 1.88 bits per heavy atom. The Kier molecular flexibility index (Phi) is 7.33. The van der Waals surface area contributed by atoms with Gasteiger partial charge in [-0.2, -0.15) is 4.98 Å². The predicted molar refractivity (Wildman–Crippen MR) is 127 cm³/mol. The maximum atomic E-state index is 11.6. The molecular formula is C21H30N10O3. The van der Waals surface area contributed by atoms with Crippen LogP contribution in [0.1, 0.15) is 26.7 Å². The maximum absolute atomic E-state index is 11.6. The largest absolute Gasteiger partial charge is 0.378 e. The molecule has 13 heteroatoms. The number of nitrogens with two attached hydrogens (primary N) is 1. The fraction of sp³-hybridized carbons (Fsp3) is 0.524. The summed E-state index contributed by atoms with van der Waals surface area (Å²) in [5.41, 5.74) is 9.98. The zero-order chi connectivity index (χ0) is 24.1. The minimum atomic E-state index is -0.433. The topological polar surface area (TPSA) is 160 Å². The standard InChI is InChI=1S/C21H30N10O3/c1-3-29(4-2)21-26-17-16(14-12-23-19(22)24-13-14)25-20(30-8-10-34-11-9-30)27-18(17)31(21)7-5-6-15(32)28-33/h12-13,33H,3-11H2,1-2H3,(H,28,32)(H2,22,23,24). The number of hydrogen-bond donors (Lipinski definition) is 3. The van der Waals surface area contributed by atoms with Crippen LogP contribution in [0, 0.1) is 0 Å². The van der Waals surface area contributed by atoms with E-state index in [-0.39, 0.29) is 12.4 Å². The minimum absolute atomic E-state index is 0.175. The van der Waals surface area contributed by atoms with E-state index in [1.165, 1.54) is 0 Å². The first kappa shape index (κ1) is 23.6. The second kappa shape index (κ2) is 10.6. The van der Waals surface area contributed by atoms with Crippen LogP contribution in [0.3, 0.4) is 0 Å². The van der Waals surface area contributed by atoms with Gasteiger partial charge in [0.25, 0.3) is 0 Å². The number of carbonyl (C=O) groups excluding carboxylic acids is 1. The van der Waals surface area contributed by atoms with Gasteiger partial charge in [-0.25, -0.2) is 25.4 Å². The third kappa shape index (κ3) is 4.84. The van der Waals surface area contributed by atoms with E-state index in [0.717, 1.165) is 19.0 Å². The number of ether oxygens (including phenoxy) is 1. The molecule has 1 fully saturated rings. The lowest BCUT2D eigenvalue weighted by Crippen LogP contribution is -2.37. The second-order valence-electron chi connectivity index (χ2n) is 7.85. The molecule has 1 saturated heterocycles. The SMILES string of the molecule is CCN(CC)c1nc2c(-c3cnc(N)nc3)nc(N3CCOCC3)nc2n1CCCC(=O)NO. The molecule has 0 aliphatic carbocycles. The van der Waals surface area contributed by atoms with Gasteiger partial charge < -0.3 is 20.3 Å². The van der Waals surface area contributed by atoms with Crippen molar-refractivity contribution in [1.29, 1.82) is 0 Å². The lowest BCUT2D eigenvalue weighted by atomic mass is 10.2. The van der Waals surface area contributed by atoms with Gasteiger partial charge in [0, 0.05) is 57.1 Å². The first-order valence-corrected chi connectivity index (χ1v) is 11.4. The maximum Gasteiger partial charge on any atom is 0.243 e. The molecular weight excluding hydrogens is 440 g/mol. The highest BCUT2D eigenvalue weighted by atomic mass is 16.5. The van der Waals surface area contributed by atoms with Gasteiger partial charge in [-0.1, -0.05) is 0 Å². The van der Waals surface area contributed by atoms with Crippen molar-refractivity contribution in [2.24, 2.45) is 0 Å². The summed E-state index contributed by atoms with van der Waals surface area (Å²) in [6, 6.07) is 0. The number of nitrogen functional groups attached to an aromatic ring is 1. The molecule has 4 heterocycles. The number of imidazole rings is 1. The Morgan fingerprint density at radius 3 is 2.53 bits per heavy atom. The Balaban J connectivity index is 1.88. The first-order chi connectivity index (χ1) is 16.5. The van der Waals surface area contributed by atoms with Crippen molar-refractivity contribution in [3.63, 3.8) is 0 Å². The van der Waals surface area contributed by atoms with E-state index in [4.69, 9.17) is 30.6 Å². The van der Waals surface area contributed by atoms with Crippen molar-refractivity contribution in [2.45, 2.75) is 33.2 Å². The average Bonchev–Trinajstić information content (AvgIpc) is 3.23. The zero-order valence-corrected chi connectivity index (χ0v) is 19.4. The van der Waals surface area contributed by atoms with Crippen LogP contribution in [0.2, 0.25) is 0 Å². The highest BCUT2D eigenvalue weighted by molar-refractivity contribution is 5.90. The van der Waals surface area contributed by atoms with E-state index < -0.39 is 5.91 Å². The van der Waals surface area contributed by atoms with Crippen LogP contribution in [0.15, 0.2) is 12.4 Å². The van der Waals surface area contributed by atoms with E-state index in [9.17, 15) is 4.79 Å². The smallest absolute Gasteiger partial charge is 0.243 e. The second-order valence-corrected chi connectivity index (χ2v) is 7.85. The normalized spacial score (nSPS) is 13.9. The van der Waals surface area contributed by atoms with Crippen molar-refractivity contribution < 1.29 is 14.7 Å². The molecule has 0 aromatic carbocycles. The van der Waals surface area contributed by atoms with Crippen LogP contribution >= 0.6 is 0 Å². The minimum Gasteiger partial charge on any atom is -0.378 e. The monoisotopic (exact) mass is 470 g/mol. The van der Waals surface area contributed by atoms with Crippen molar-refractivity contribution in [3.05, 3.63) is 12.4 Å². The van der Waals surface area contributed by atoms with Gasteiger partial charge in [0.15, 0.2) is 5.65 Å². The highest BCUT2D eigenvalue weighted by Gasteiger charge is 2.24. The molecule has 182 valence electrons. The molecule has 4 rings (SSSR count). The van der Waals surface area contributed by atoms with E-state index in [2.05, 4.69) is 33.6 Å². The van der Waals surface area contributed by atoms with Crippen LogP contribution in [-0.2, 0) is 16.1 Å². The average molecular weight is 471 g/mol. The van der Waals surface area contributed by atoms with Crippen LogP contribution in [0.25, 0.3) is 22.4 Å². The lowest BCUT2D eigenvalue weighted by Gasteiger charge is -2.27. The van der Waals surface area contributed by atoms with Crippen LogP contribution < -0.4 is 21.0 Å². The number of amides is 1. The predicted octanol–water partition coefficient (Wildman–Crippen LogP) is 0.834. The summed E-state index contributed by atoms with van der Waals surface area (Å²) < 4.78 is 7.51. The third-order valence-electron chi connectivity index (χ3n) is 5.76. The van der Waals surface area contributed by atoms with Crippen LogP contribution in [0.4, 0.5) is 17.8 Å². The lowest BCUT2D eigenvalue weighted by molar-refractivity contribution is -0.129. The van der Waals surface area contributed by atoms with E-state index in [0.29, 0.717) is 67.6 Å². The number of nitrogens with one attached hydrogen (secondary N) is 1. The fourth-order valence-corrected chi connectivity index (χ4v) is 3.95. The molecule has 34 heavy (non-hydrogen) atoms. The van der Waals surface area contributed by atoms with E-state index in [1.807, 2.05) is 4.57 Å². The molecule has 13 nitrogen and oxygen atoms in total. The molecule has 0 radical (unpaired) electrons. The fourth-order valence-electron chi connectivity index (χ4n) is 3.95. The molecule has 3 aromatic heterocycles. The molecule has 1 aliphatic heterocycles. The number of nitrogens with zero attached hydrogens (tertiary/aromatic N) is 8. The molecule has 0 bridgehead atoms. The Morgan fingerprint density at radius 1 is 1.18 bits per heavy atom. The summed E-state index contributed by atoms with van der Waals surface area (Å²) in [4.78, 5) is 38.8. The van der Waals surface area contributed by atoms with Crippen molar-refractivity contribution in [1.82, 2.24) is 35.0 Å². The third-order valence-corrected chi connectivity index (χ3v) is 5.76. The van der Waals surface area contributed by atoms with Crippen molar-refractivity contribution in [3.8, 4) is 11.3 Å². The Labute approximate surface area is 196 Å². The van der Waals surface area contributed by atoms with E-state index >= 15 is 0 Å². The summed E-state index contributed by atoms with van der Waals surface area (Å²) in [5, 5.41) is 8.86. The molecule has 0 spiro atoms. The number of aromatic nitrogens is 6. The van der Waals surface area contributed by atoms with E-state index in [1.54, 1.807) is 17.9 Å². The summed E-state index contributed by atoms with van der Waals surface area (Å²) in [6.45, 7) is 8.67. The van der Waals surface area contributed by atoms with Gasteiger partial charge in [-0.3, -0.25) is 14.6 Å². The molecule has 1 amide bonds. The molecule has 1 aliphatic rings. The zero-order valence-electron chi connectivity index (χ0n) is 19.4. The Bertz CT molecular complexity index is 1120. The molecule has 0 unspecified atom stereocenters. The number of aryl methyl sites for hydroxylation is 1. The van der Waals surface area contributed by atoms with Gasteiger partial charge >= 0.3 is 0 Å².